The number of urea groups is 1. The van der Waals surface area contributed by atoms with Gasteiger partial charge in [-0.25, -0.2) is 9.79 Å². The summed E-state index contributed by atoms with van der Waals surface area (Å²) in [4.78, 5) is 30.4. The normalized spacial score (nSPS) is 7.70. The third-order valence-electron chi connectivity index (χ3n) is 0.312. The summed E-state index contributed by atoms with van der Waals surface area (Å²) in [5, 5.41) is 0. The lowest BCUT2D eigenvalue weighted by Crippen LogP contribution is -2.02. The highest BCUT2D eigenvalue weighted by Gasteiger charge is 1.74. The van der Waals surface area contributed by atoms with E-state index in [0.29, 0.717) is 0 Å². The second-order valence-corrected chi connectivity index (χ2v) is 0.998. The Morgan fingerprint density at radius 3 is 1.80 bits per heavy atom. The van der Waals surface area contributed by atoms with E-state index in [9.17, 15) is 4.79 Å². The Morgan fingerprint density at radius 2 is 1.80 bits per heavy atom. The van der Waals surface area contributed by atoms with Crippen LogP contribution in [0.1, 0.15) is 6.92 Å². The fourth-order valence-corrected chi connectivity index (χ4v) is 0.127. The Balaban J connectivity index is 0. The number of rotatable bonds is 1. The van der Waals surface area contributed by atoms with Gasteiger partial charge in [-0.15, -0.1) is 0 Å². The largest absolute Gasteiger partial charge is 0.350 e. The van der Waals surface area contributed by atoms with Gasteiger partial charge in [0.05, 0.1) is 0 Å². The van der Waals surface area contributed by atoms with Crippen LogP contribution in [0.15, 0.2) is 4.99 Å². The number of carbonyl (C=O) groups is 3. The van der Waals surface area contributed by atoms with Gasteiger partial charge in [-0.3, -0.25) is 9.59 Å². The average molecular weight is 144 g/mol. The maximum absolute atomic E-state index is 9.62. The highest BCUT2D eigenvalue weighted by atomic mass is 16.2. The van der Waals surface area contributed by atoms with Gasteiger partial charge in [-0.1, -0.05) is 0 Å². The lowest BCUT2D eigenvalue weighted by Gasteiger charge is -1.70. The molecule has 0 aromatic carbocycles. The van der Waals surface area contributed by atoms with Gasteiger partial charge in [0.15, 0.2) is 12.6 Å². The Hall–Kier alpha value is -1.52. The molecular formula is C5H8N2O3. The SMILES string of the molecule is CC=NC(N)=O.O=CC=O. The summed E-state index contributed by atoms with van der Waals surface area (Å²) in [6.07, 6.45) is 1.74. The van der Waals surface area contributed by atoms with Crippen molar-refractivity contribution in [3.63, 3.8) is 0 Å². The zero-order valence-corrected chi connectivity index (χ0v) is 5.48. The van der Waals surface area contributed by atoms with Crippen molar-refractivity contribution in [3.05, 3.63) is 0 Å². The number of carbonyl (C=O) groups excluding carboxylic acids is 3. The third-order valence-corrected chi connectivity index (χ3v) is 0.312. The van der Waals surface area contributed by atoms with E-state index in [1.165, 1.54) is 6.21 Å². The second kappa shape index (κ2) is 10.5. The number of amides is 2. The van der Waals surface area contributed by atoms with E-state index in [0.717, 1.165) is 0 Å². The lowest BCUT2D eigenvalue weighted by atomic mass is 10.9. The molecule has 56 valence electrons. The molecule has 2 N–H and O–H groups in total. The van der Waals surface area contributed by atoms with Crippen LogP contribution in [0.4, 0.5) is 4.79 Å². The summed E-state index contributed by atoms with van der Waals surface area (Å²) >= 11 is 0. The van der Waals surface area contributed by atoms with E-state index in [2.05, 4.69) is 10.7 Å². The van der Waals surface area contributed by atoms with Gasteiger partial charge in [-0.2, -0.15) is 0 Å². The second-order valence-electron chi connectivity index (χ2n) is 0.998. The fraction of sp³-hybridized carbons (Fsp3) is 0.200. The first-order valence-electron chi connectivity index (χ1n) is 2.36. The predicted molar refractivity (Wildman–Crippen MR) is 35.9 cm³/mol. The Morgan fingerprint density at radius 1 is 1.40 bits per heavy atom. The first kappa shape index (κ1) is 11.3. The molecule has 0 aromatic heterocycles. The molecule has 0 fully saturated rings. The molecule has 10 heavy (non-hydrogen) atoms. The summed E-state index contributed by atoms with van der Waals surface area (Å²) < 4.78 is 0. The smallest absolute Gasteiger partial charge is 0.337 e. The van der Waals surface area contributed by atoms with Crippen molar-refractivity contribution in [2.75, 3.05) is 0 Å². The van der Waals surface area contributed by atoms with Crippen molar-refractivity contribution in [1.29, 1.82) is 0 Å². The number of aliphatic imine (C=N–C) groups is 1. The van der Waals surface area contributed by atoms with Crippen LogP contribution in [-0.4, -0.2) is 24.8 Å². The zero-order valence-electron chi connectivity index (χ0n) is 5.48. The summed E-state index contributed by atoms with van der Waals surface area (Å²) in [7, 11) is 0. The number of hydrogen-bond donors (Lipinski definition) is 1. The van der Waals surface area contributed by atoms with Crippen molar-refractivity contribution in [1.82, 2.24) is 0 Å². The van der Waals surface area contributed by atoms with Gasteiger partial charge in [0.1, 0.15) is 0 Å². The Bertz CT molecular complexity index is 136. The molecule has 0 bridgehead atoms. The molecule has 0 aliphatic heterocycles. The van der Waals surface area contributed by atoms with Gasteiger partial charge in [0, 0.05) is 6.21 Å². The number of primary amides is 1. The molecule has 5 nitrogen and oxygen atoms in total. The van der Waals surface area contributed by atoms with E-state index >= 15 is 0 Å². The first-order valence-corrected chi connectivity index (χ1v) is 2.36. The number of nitrogens with zero attached hydrogens (tertiary/aromatic N) is 1. The van der Waals surface area contributed by atoms with Gasteiger partial charge in [-0.05, 0) is 6.92 Å². The predicted octanol–water partition coefficient (Wildman–Crippen LogP) is -0.460. The lowest BCUT2D eigenvalue weighted by molar-refractivity contribution is -0.122. The van der Waals surface area contributed by atoms with Crippen LogP contribution < -0.4 is 5.73 Å². The zero-order chi connectivity index (χ0) is 8.41. The monoisotopic (exact) mass is 144 g/mol. The van der Waals surface area contributed by atoms with E-state index in [1.807, 2.05) is 0 Å². The maximum Gasteiger partial charge on any atom is 0.337 e. The highest BCUT2D eigenvalue weighted by molar-refractivity contribution is 6.09. The first-order chi connectivity index (χ1) is 4.68. The summed E-state index contributed by atoms with van der Waals surface area (Å²) in [6, 6.07) is -0.641. The topological polar surface area (TPSA) is 89.6 Å². The van der Waals surface area contributed by atoms with Crippen LogP contribution in [0.2, 0.25) is 0 Å². The van der Waals surface area contributed by atoms with E-state index in [-0.39, 0.29) is 12.6 Å². The molecule has 0 unspecified atom stereocenters. The molecule has 0 spiro atoms. The van der Waals surface area contributed by atoms with Crippen molar-refractivity contribution < 1.29 is 14.4 Å². The van der Waals surface area contributed by atoms with Gasteiger partial charge in [0.2, 0.25) is 0 Å². The summed E-state index contributed by atoms with van der Waals surface area (Å²) in [6.45, 7) is 1.63. The molecule has 0 saturated carbocycles. The number of aldehydes is 2. The molecule has 0 aromatic rings. The molecule has 0 atom stereocenters. The molecule has 0 radical (unpaired) electrons. The van der Waals surface area contributed by atoms with Crippen LogP contribution in [0.3, 0.4) is 0 Å². The van der Waals surface area contributed by atoms with Crippen LogP contribution in [0.5, 0.6) is 0 Å². The maximum atomic E-state index is 9.62. The van der Waals surface area contributed by atoms with E-state index in [4.69, 9.17) is 9.59 Å². The fourth-order valence-electron chi connectivity index (χ4n) is 0.127. The van der Waals surface area contributed by atoms with Gasteiger partial charge < -0.3 is 5.73 Å². The third kappa shape index (κ3) is 31.6. The molecule has 0 saturated heterocycles. The Kier molecular flexibility index (Phi) is 11.8. The van der Waals surface area contributed by atoms with E-state index in [1.54, 1.807) is 6.92 Å². The van der Waals surface area contributed by atoms with Gasteiger partial charge in [0.25, 0.3) is 0 Å². The van der Waals surface area contributed by atoms with Crippen LogP contribution >= 0.6 is 0 Å². The molecule has 2 amide bonds. The van der Waals surface area contributed by atoms with Crippen LogP contribution in [0.25, 0.3) is 0 Å². The van der Waals surface area contributed by atoms with Crippen molar-refractivity contribution >= 4 is 24.8 Å². The minimum atomic E-state index is -0.641. The summed E-state index contributed by atoms with van der Waals surface area (Å²) in [5.41, 5.74) is 4.57. The molecule has 0 aliphatic carbocycles. The molecule has 0 heterocycles. The molecule has 5 heteroatoms. The number of hydrogen-bond acceptors (Lipinski definition) is 3. The standard InChI is InChI=1S/C3H6N2O.C2H2O2/c1-2-5-3(4)6;3-1-2-4/h2H,1H3,(H2,4,6);1-2H. The summed E-state index contributed by atoms with van der Waals surface area (Å²) in [5.74, 6) is 0. The van der Waals surface area contributed by atoms with Crippen LogP contribution in [-0.2, 0) is 9.59 Å². The Labute approximate surface area is 57.9 Å². The highest BCUT2D eigenvalue weighted by Crippen LogP contribution is 1.59. The quantitative estimate of drug-likeness (QED) is 0.306. The molecule has 0 aliphatic rings. The average Bonchev–Trinajstić information content (AvgIpc) is 1.89. The molecule has 0 rings (SSSR count). The minimum Gasteiger partial charge on any atom is -0.350 e. The van der Waals surface area contributed by atoms with Crippen molar-refractivity contribution in [3.8, 4) is 0 Å². The van der Waals surface area contributed by atoms with Crippen molar-refractivity contribution in [2.45, 2.75) is 6.92 Å². The van der Waals surface area contributed by atoms with Gasteiger partial charge >= 0.3 is 6.03 Å². The van der Waals surface area contributed by atoms with E-state index < -0.39 is 6.03 Å². The van der Waals surface area contributed by atoms with Crippen molar-refractivity contribution in [2.24, 2.45) is 10.7 Å². The number of nitrogens with two attached hydrogens (primary N) is 1. The van der Waals surface area contributed by atoms with Crippen LogP contribution in [0, 0.1) is 0 Å². The molecular weight excluding hydrogens is 136 g/mol. The minimum absolute atomic E-state index is 0.194.